The number of carbonyl (C=O) groups is 1. The van der Waals surface area contributed by atoms with Crippen LogP contribution >= 0.6 is 23.2 Å². The second-order valence-electron chi connectivity index (χ2n) is 6.33. The van der Waals surface area contributed by atoms with Crippen molar-refractivity contribution in [1.29, 1.82) is 0 Å². The van der Waals surface area contributed by atoms with E-state index >= 15 is 0 Å². The molecule has 0 radical (unpaired) electrons. The summed E-state index contributed by atoms with van der Waals surface area (Å²) in [6.07, 6.45) is 0. The lowest BCUT2D eigenvalue weighted by molar-refractivity contribution is 0.0300. The molecule has 2 aromatic rings. The van der Waals surface area contributed by atoms with E-state index in [0.717, 1.165) is 0 Å². The van der Waals surface area contributed by atoms with E-state index in [1.165, 1.54) is 25.3 Å². The second-order valence-corrected chi connectivity index (χ2v) is 8.94. The number of hydrogen-bond acceptors (Lipinski definition) is 5. The summed E-state index contributed by atoms with van der Waals surface area (Å²) in [7, 11) is -2.46. The van der Waals surface area contributed by atoms with Crippen molar-refractivity contribution in [2.24, 2.45) is 0 Å². The minimum absolute atomic E-state index is 0.0168. The number of carbonyl (C=O) groups excluding carboxylic acids is 1. The number of halogens is 2. The van der Waals surface area contributed by atoms with E-state index < -0.39 is 10.0 Å². The molecule has 1 fully saturated rings. The number of sulfonamides is 1. The summed E-state index contributed by atoms with van der Waals surface area (Å²) in [6, 6.07) is 9.00. The lowest BCUT2D eigenvalue weighted by Crippen LogP contribution is -2.40. The van der Waals surface area contributed by atoms with Crippen LogP contribution in [0.4, 0.5) is 0 Å². The molecule has 1 amide bonds. The molecule has 0 aromatic heterocycles. The predicted molar refractivity (Wildman–Crippen MR) is 110 cm³/mol. The Morgan fingerprint density at radius 1 is 1.17 bits per heavy atom. The zero-order valence-corrected chi connectivity index (χ0v) is 18.0. The smallest absolute Gasteiger partial charge is 0.257 e. The first-order chi connectivity index (χ1) is 13.8. The molecule has 1 saturated heterocycles. The van der Waals surface area contributed by atoms with Gasteiger partial charge >= 0.3 is 0 Å². The Kier molecular flexibility index (Phi) is 7.02. The summed E-state index contributed by atoms with van der Waals surface area (Å²) in [5, 5.41) is 0.821. The number of rotatable bonds is 6. The third-order valence-corrected chi connectivity index (χ3v) is 6.46. The van der Waals surface area contributed by atoms with Gasteiger partial charge in [-0.1, -0.05) is 29.3 Å². The van der Waals surface area contributed by atoms with Gasteiger partial charge in [-0.25, -0.2) is 13.1 Å². The van der Waals surface area contributed by atoms with E-state index in [1.807, 2.05) is 0 Å². The Labute approximate surface area is 179 Å². The first-order valence-corrected chi connectivity index (χ1v) is 11.0. The molecule has 156 valence electrons. The summed E-state index contributed by atoms with van der Waals surface area (Å²) in [5.41, 5.74) is 0.763. The number of nitrogens with zero attached hydrogens (tertiary/aromatic N) is 1. The lowest BCUT2D eigenvalue weighted by atomic mass is 10.1. The number of benzene rings is 2. The summed E-state index contributed by atoms with van der Waals surface area (Å²) in [4.78, 5) is 14.4. The average molecular weight is 459 g/mol. The van der Waals surface area contributed by atoms with Crippen molar-refractivity contribution in [1.82, 2.24) is 9.62 Å². The quantitative estimate of drug-likeness (QED) is 0.718. The van der Waals surface area contributed by atoms with Crippen LogP contribution in [0.3, 0.4) is 0 Å². The molecule has 0 aliphatic carbocycles. The van der Waals surface area contributed by atoms with Gasteiger partial charge in [-0.05, 0) is 35.9 Å². The van der Waals surface area contributed by atoms with Crippen LogP contribution in [0.2, 0.25) is 10.0 Å². The fourth-order valence-corrected chi connectivity index (χ4v) is 4.39. The maximum absolute atomic E-state index is 12.9. The summed E-state index contributed by atoms with van der Waals surface area (Å²) in [5.74, 6) is 0.00383. The number of morpholine rings is 1. The fourth-order valence-electron chi connectivity index (χ4n) is 2.88. The standard InChI is InChI=1S/C19H20Cl2N2O5S/c1-27-18-5-4-15(11-16(18)19(24)23-6-8-28-9-7-23)29(25,26)22-12-13-2-3-14(20)10-17(13)21/h2-5,10-11,22H,6-9,12H2,1H3. The SMILES string of the molecule is COc1ccc(S(=O)(=O)NCc2ccc(Cl)cc2Cl)cc1C(=O)N1CCOCC1. The van der Waals surface area contributed by atoms with Crippen LogP contribution in [0.1, 0.15) is 15.9 Å². The maximum atomic E-state index is 12.9. The van der Waals surface area contributed by atoms with Crippen molar-refractivity contribution in [3.63, 3.8) is 0 Å². The minimum atomic E-state index is -3.89. The van der Waals surface area contributed by atoms with Crippen LogP contribution in [0.15, 0.2) is 41.3 Å². The maximum Gasteiger partial charge on any atom is 0.257 e. The van der Waals surface area contributed by atoms with Gasteiger partial charge in [0, 0.05) is 29.7 Å². The number of ether oxygens (including phenoxy) is 2. The minimum Gasteiger partial charge on any atom is -0.496 e. The molecule has 0 atom stereocenters. The monoisotopic (exact) mass is 458 g/mol. The van der Waals surface area contributed by atoms with Gasteiger partial charge in [0.05, 0.1) is 30.8 Å². The lowest BCUT2D eigenvalue weighted by Gasteiger charge is -2.27. The van der Waals surface area contributed by atoms with Crippen molar-refractivity contribution in [3.05, 3.63) is 57.6 Å². The van der Waals surface area contributed by atoms with Gasteiger partial charge in [-0.3, -0.25) is 4.79 Å². The van der Waals surface area contributed by atoms with Crippen LogP contribution in [0.5, 0.6) is 5.75 Å². The van der Waals surface area contributed by atoms with Crippen molar-refractivity contribution in [2.45, 2.75) is 11.4 Å². The highest BCUT2D eigenvalue weighted by Gasteiger charge is 2.24. The van der Waals surface area contributed by atoms with E-state index in [9.17, 15) is 13.2 Å². The molecule has 0 saturated carbocycles. The van der Waals surface area contributed by atoms with E-state index in [4.69, 9.17) is 32.7 Å². The number of amides is 1. The summed E-state index contributed by atoms with van der Waals surface area (Å²) in [6.45, 7) is 1.74. The van der Waals surface area contributed by atoms with Crippen molar-refractivity contribution in [3.8, 4) is 5.75 Å². The molecule has 7 nitrogen and oxygen atoms in total. The molecule has 1 heterocycles. The predicted octanol–water partition coefficient (Wildman–Crippen LogP) is 2.95. The first-order valence-electron chi connectivity index (χ1n) is 8.80. The Morgan fingerprint density at radius 2 is 1.90 bits per heavy atom. The third-order valence-electron chi connectivity index (χ3n) is 4.48. The van der Waals surface area contributed by atoms with Crippen molar-refractivity contribution < 1.29 is 22.7 Å². The van der Waals surface area contributed by atoms with Crippen LogP contribution in [-0.2, 0) is 21.3 Å². The van der Waals surface area contributed by atoms with Gasteiger partial charge in [0.2, 0.25) is 10.0 Å². The van der Waals surface area contributed by atoms with Crippen LogP contribution < -0.4 is 9.46 Å². The largest absolute Gasteiger partial charge is 0.496 e. The highest BCUT2D eigenvalue weighted by atomic mass is 35.5. The molecule has 0 unspecified atom stereocenters. The van der Waals surface area contributed by atoms with Gasteiger partial charge < -0.3 is 14.4 Å². The van der Waals surface area contributed by atoms with E-state index in [-0.39, 0.29) is 22.9 Å². The molecule has 0 spiro atoms. The summed E-state index contributed by atoms with van der Waals surface area (Å²) < 4.78 is 38.5. The Balaban J connectivity index is 1.84. The van der Waals surface area contributed by atoms with Crippen molar-refractivity contribution >= 4 is 39.1 Å². The van der Waals surface area contributed by atoms with Crippen LogP contribution in [0.25, 0.3) is 0 Å². The second kappa shape index (κ2) is 9.32. The molecule has 1 aliphatic heterocycles. The molecule has 1 N–H and O–H groups in total. The Morgan fingerprint density at radius 3 is 2.55 bits per heavy atom. The van der Waals surface area contributed by atoms with E-state index in [2.05, 4.69) is 4.72 Å². The van der Waals surface area contributed by atoms with Gasteiger partial charge in [0.1, 0.15) is 5.75 Å². The van der Waals surface area contributed by atoms with Gasteiger partial charge in [-0.15, -0.1) is 0 Å². The van der Waals surface area contributed by atoms with Gasteiger partial charge in [0.25, 0.3) is 5.91 Å². The van der Waals surface area contributed by atoms with Gasteiger partial charge in [0.15, 0.2) is 0 Å². The topological polar surface area (TPSA) is 84.9 Å². The molecule has 3 rings (SSSR count). The molecule has 29 heavy (non-hydrogen) atoms. The highest BCUT2D eigenvalue weighted by Crippen LogP contribution is 2.25. The Hall–Kier alpha value is -1.84. The molecule has 10 heteroatoms. The molecular weight excluding hydrogens is 439 g/mol. The highest BCUT2D eigenvalue weighted by molar-refractivity contribution is 7.89. The summed E-state index contributed by atoms with van der Waals surface area (Å²) >= 11 is 12.0. The molecule has 2 aromatic carbocycles. The molecular formula is C19H20Cl2N2O5S. The zero-order chi connectivity index (χ0) is 21.0. The van der Waals surface area contributed by atoms with Crippen LogP contribution in [-0.4, -0.2) is 52.6 Å². The van der Waals surface area contributed by atoms with Gasteiger partial charge in [-0.2, -0.15) is 0 Å². The fraction of sp³-hybridized carbons (Fsp3) is 0.316. The average Bonchev–Trinajstić information content (AvgIpc) is 2.72. The zero-order valence-electron chi connectivity index (χ0n) is 15.7. The van der Waals surface area contributed by atoms with Crippen LogP contribution in [0, 0.1) is 0 Å². The van der Waals surface area contributed by atoms with Crippen molar-refractivity contribution in [2.75, 3.05) is 33.4 Å². The molecule has 1 aliphatic rings. The number of nitrogens with one attached hydrogen (secondary N) is 1. The van der Waals surface area contributed by atoms with E-state index in [0.29, 0.717) is 47.7 Å². The molecule has 0 bridgehead atoms. The number of hydrogen-bond donors (Lipinski definition) is 1. The van der Waals surface area contributed by atoms with E-state index in [1.54, 1.807) is 23.1 Å². The number of methoxy groups -OCH3 is 1. The normalized spacial score (nSPS) is 14.7. The third kappa shape index (κ3) is 5.21. The Bertz CT molecular complexity index is 1010. The first kappa shape index (κ1) is 21.9.